The van der Waals surface area contributed by atoms with Crippen LogP contribution in [0.5, 0.6) is 0 Å². The molecule has 2 aromatic rings. The van der Waals surface area contributed by atoms with Crippen LogP contribution in [0.2, 0.25) is 0 Å². The van der Waals surface area contributed by atoms with Crippen molar-refractivity contribution in [2.75, 3.05) is 27.2 Å². The summed E-state index contributed by atoms with van der Waals surface area (Å²) in [5.41, 5.74) is 3.67. The van der Waals surface area contributed by atoms with Gasteiger partial charge in [0.25, 0.3) is 0 Å². The van der Waals surface area contributed by atoms with E-state index in [-0.39, 0.29) is 0 Å². The minimum atomic E-state index is 0.476. The second-order valence-electron chi connectivity index (χ2n) is 6.76. The minimum Gasteiger partial charge on any atom is -0.455 e. The molecule has 0 N–H and O–H groups in total. The number of fused-ring (bicyclic) bond motifs is 4. The molecule has 0 radical (unpaired) electrons. The van der Waals surface area contributed by atoms with Crippen LogP contribution in [0.1, 0.15) is 17.7 Å². The Hall–Kier alpha value is -1.79. The monoisotopic (exact) mass is 400 g/mol. The Balaban J connectivity index is 1.73. The second-order valence-corrected chi connectivity index (χ2v) is 8.09. The van der Waals surface area contributed by atoms with Crippen molar-refractivity contribution in [3.8, 4) is 0 Å². The van der Waals surface area contributed by atoms with Gasteiger partial charge in [-0.15, -0.1) is 0 Å². The van der Waals surface area contributed by atoms with Crippen molar-refractivity contribution >= 4 is 40.5 Å². The molecule has 0 saturated carbocycles. The number of furan rings is 1. The number of nitrogens with zero attached hydrogens (tertiary/aromatic N) is 2. The van der Waals surface area contributed by atoms with Gasteiger partial charge in [0.15, 0.2) is 0 Å². The molecule has 0 saturated heterocycles. The third kappa shape index (κ3) is 3.92. The molecular formula is C21H21ClN2O2S. The maximum absolute atomic E-state index is 6.49. The first kappa shape index (κ1) is 18.6. The van der Waals surface area contributed by atoms with Gasteiger partial charge in [-0.1, -0.05) is 29.4 Å². The zero-order valence-corrected chi connectivity index (χ0v) is 16.9. The van der Waals surface area contributed by atoms with Crippen LogP contribution in [0.4, 0.5) is 0 Å². The van der Waals surface area contributed by atoms with Gasteiger partial charge in [-0.25, -0.2) is 0 Å². The van der Waals surface area contributed by atoms with E-state index in [0.717, 1.165) is 50.4 Å². The van der Waals surface area contributed by atoms with Crippen molar-refractivity contribution in [3.63, 3.8) is 0 Å². The van der Waals surface area contributed by atoms with Gasteiger partial charge in [-0.2, -0.15) is 0 Å². The molecule has 2 aromatic heterocycles. The molecule has 0 unspecified atom stereocenters. The van der Waals surface area contributed by atoms with E-state index in [2.05, 4.69) is 29.4 Å². The van der Waals surface area contributed by atoms with E-state index in [1.54, 1.807) is 11.8 Å². The predicted octanol–water partition coefficient (Wildman–Crippen LogP) is 3.20. The zero-order valence-electron chi connectivity index (χ0n) is 15.4. The highest BCUT2D eigenvalue weighted by atomic mass is 35.5. The molecule has 0 fully saturated rings. The summed E-state index contributed by atoms with van der Waals surface area (Å²) in [7, 11) is 4.13. The van der Waals surface area contributed by atoms with Crippen LogP contribution in [0, 0.1) is 10.6 Å². The third-order valence-electron chi connectivity index (χ3n) is 4.44. The van der Waals surface area contributed by atoms with Crippen LogP contribution >= 0.6 is 23.4 Å². The zero-order chi connectivity index (χ0) is 18.8. The van der Waals surface area contributed by atoms with Gasteiger partial charge in [0.05, 0.1) is 22.2 Å². The molecular weight excluding hydrogens is 380 g/mol. The van der Waals surface area contributed by atoms with Gasteiger partial charge in [0.1, 0.15) is 10.8 Å². The second kappa shape index (κ2) is 8.07. The summed E-state index contributed by atoms with van der Waals surface area (Å²) in [6.07, 6.45) is 10.7. The number of hydrogen-bond donors (Lipinski definition) is 0. The molecule has 27 heavy (non-hydrogen) atoms. The van der Waals surface area contributed by atoms with Gasteiger partial charge in [0.2, 0.25) is 0 Å². The van der Waals surface area contributed by atoms with E-state index < -0.39 is 0 Å². The lowest BCUT2D eigenvalue weighted by Crippen LogP contribution is -2.15. The number of hydrogen-bond acceptors (Lipinski definition) is 5. The Morgan fingerprint density at radius 3 is 3.00 bits per heavy atom. The number of allylic oxidation sites excluding steroid dienone is 2. The summed E-state index contributed by atoms with van der Waals surface area (Å²) in [5, 5.41) is 4.57. The first-order valence-electron chi connectivity index (χ1n) is 8.89. The first-order chi connectivity index (χ1) is 13.1. The van der Waals surface area contributed by atoms with Crippen molar-refractivity contribution < 1.29 is 9.15 Å². The highest BCUT2D eigenvalue weighted by Gasteiger charge is 2.14. The summed E-state index contributed by atoms with van der Waals surface area (Å²) in [6.45, 7) is 2.20. The number of pyridine rings is 1. The van der Waals surface area contributed by atoms with Crippen LogP contribution in [-0.4, -0.2) is 37.1 Å². The smallest absolute Gasteiger partial charge is 0.143 e. The van der Waals surface area contributed by atoms with E-state index in [1.165, 1.54) is 0 Å². The van der Waals surface area contributed by atoms with Crippen LogP contribution in [0.3, 0.4) is 0 Å². The topological polar surface area (TPSA) is 38.5 Å². The fourth-order valence-electron chi connectivity index (χ4n) is 3.13. The fourth-order valence-corrected chi connectivity index (χ4v) is 4.15. The lowest BCUT2D eigenvalue weighted by molar-refractivity contribution is 0.110. The van der Waals surface area contributed by atoms with Crippen LogP contribution < -0.4 is 10.6 Å². The number of ether oxygens (including phenoxy) is 1. The summed E-state index contributed by atoms with van der Waals surface area (Å²) in [5.74, 6) is 0. The molecule has 4 nitrogen and oxygen atoms in total. The van der Waals surface area contributed by atoms with Crippen molar-refractivity contribution in [1.29, 1.82) is 0 Å². The molecule has 0 aromatic carbocycles. The van der Waals surface area contributed by atoms with E-state index in [0.29, 0.717) is 18.2 Å². The maximum Gasteiger partial charge on any atom is 0.143 e. The molecule has 1 aliphatic heterocycles. The minimum absolute atomic E-state index is 0.476. The van der Waals surface area contributed by atoms with E-state index >= 15 is 0 Å². The summed E-state index contributed by atoms with van der Waals surface area (Å²) in [4.78, 5) is 7.81. The number of aromatic nitrogens is 1. The van der Waals surface area contributed by atoms with Gasteiger partial charge in [-0.3, -0.25) is 4.98 Å². The molecule has 3 heterocycles. The van der Waals surface area contributed by atoms with E-state index in [4.69, 9.17) is 20.8 Å². The van der Waals surface area contributed by atoms with E-state index in [1.807, 2.05) is 36.6 Å². The largest absolute Gasteiger partial charge is 0.455 e. The van der Waals surface area contributed by atoms with Gasteiger partial charge >= 0.3 is 0 Å². The van der Waals surface area contributed by atoms with Crippen molar-refractivity contribution in [2.45, 2.75) is 17.9 Å². The molecule has 0 atom stereocenters. The number of rotatable bonds is 6. The van der Waals surface area contributed by atoms with Crippen molar-refractivity contribution in [1.82, 2.24) is 9.88 Å². The Morgan fingerprint density at radius 2 is 2.15 bits per heavy atom. The predicted molar refractivity (Wildman–Crippen MR) is 110 cm³/mol. The maximum atomic E-state index is 6.49. The molecule has 0 spiro atoms. The fraction of sp³-hybridized carbons (Fsp3) is 0.286. The van der Waals surface area contributed by atoms with Gasteiger partial charge in [-0.05, 0) is 56.8 Å². The Labute approximate surface area is 167 Å². The molecule has 0 bridgehead atoms. The van der Waals surface area contributed by atoms with Crippen LogP contribution in [-0.2, 0) is 11.3 Å². The van der Waals surface area contributed by atoms with Crippen LogP contribution in [0.15, 0.2) is 39.1 Å². The average molecular weight is 401 g/mol. The lowest BCUT2D eigenvalue weighted by atomic mass is 10.2. The molecule has 0 amide bonds. The Kier molecular flexibility index (Phi) is 5.55. The van der Waals surface area contributed by atoms with Crippen LogP contribution in [0.25, 0.3) is 17.2 Å². The number of halogens is 1. The standard InChI is InChI=1S/C21H21ClN2O2S/c1-24(2)8-4-9-25-13-14-11-16-17(12-23-14)18(22)7-6-15-20(16)26-19-5-3-10-27-21(15)19/h3,5-7,10-12H,4,8-9,13H2,1-2H3. The molecule has 2 aliphatic rings. The Morgan fingerprint density at radius 1 is 1.26 bits per heavy atom. The lowest BCUT2D eigenvalue weighted by Gasteiger charge is -2.09. The molecule has 4 rings (SSSR count). The van der Waals surface area contributed by atoms with E-state index in [9.17, 15) is 0 Å². The van der Waals surface area contributed by atoms with Gasteiger partial charge in [0, 0.05) is 28.8 Å². The average Bonchev–Trinajstić information content (AvgIpc) is 2.97. The quantitative estimate of drug-likeness (QED) is 0.696. The third-order valence-corrected chi connectivity index (χ3v) is 5.72. The van der Waals surface area contributed by atoms with Gasteiger partial charge < -0.3 is 14.1 Å². The first-order valence-corrected chi connectivity index (χ1v) is 10.2. The SMILES string of the molecule is CN(C)CCCOCc1cc2c(cn1)=C(Cl)C=Cc1c3c(oc1=2)=CC=CS3. The molecule has 6 heteroatoms. The Bertz CT molecular complexity index is 1130. The van der Waals surface area contributed by atoms with Crippen molar-refractivity contribution in [3.05, 3.63) is 62.3 Å². The summed E-state index contributed by atoms with van der Waals surface area (Å²) in [6, 6.07) is 2.03. The normalized spacial score (nSPS) is 14.6. The molecule has 1 aliphatic carbocycles. The highest BCUT2D eigenvalue weighted by Crippen LogP contribution is 2.27. The molecule has 140 valence electrons. The highest BCUT2D eigenvalue weighted by molar-refractivity contribution is 8.02. The summed E-state index contributed by atoms with van der Waals surface area (Å²) < 4.78 is 12.0. The van der Waals surface area contributed by atoms with Crippen molar-refractivity contribution in [2.24, 2.45) is 0 Å². The number of thioether (sulfide) groups is 1. The summed E-state index contributed by atoms with van der Waals surface area (Å²) >= 11 is 8.16.